The predicted molar refractivity (Wildman–Crippen MR) is 75.2 cm³/mol. The average Bonchev–Trinajstić information content (AvgIpc) is 2.73. The maximum atomic E-state index is 11.7. The molecule has 2 heterocycles. The SMILES string of the molecule is COc1ccc2c(c1)N[C@]1(C=C(C)OC(N)=C1C(N)=O)O2. The summed E-state index contributed by atoms with van der Waals surface area (Å²) in [5, 5.41) is 3.12. The number of hydrogen-bond acceptors (Lipinski definition) is 6. The fourth-order valence-electron chi connectivity index (χ4n) is 2.50. The van der Waals surface area contributed by atoms with Crippen molar-refractivity contribution in [3.63, 3.8) is 0 Å². The van der Waals surface area contributed by atoms with Crippen LogP contribution in [0.5, 0.6) is 11.5 Å². The molecule has 21 heavy (non-hydrogen) atoms. The molecule has 0 aromatic heterocycles. The minimum Gasteiger partial charge on any atom is -0.497 e. The van der Waals surface area contributed by atoms with Gasteiger partial charge in [0.05, 0.1) is 12.8 Å². The molecule has 3 rings (SSSR count). The molecule has 5 N–H and O–H groups in total. The first kappa shape index (κ1) is 13.2. The number of benzene rings is 1. The molecular weight excluding hydrogens is 274 g/mol. The third kappa shape index (κ3) is 1.94. The van der Waals surface area contributed by atoms with E-state index in [1.54, 1.807) is 38.3 Å². The number of carbonyl (C=O) groups is 1. The summed E-state index contributed by atoms with van der Waals surface area (Å²) in [5.41, 5.74) is 10.7. The van der Waals surface area contributed by atoms with Gasteiger partial charge in [-0.1, -0.05) is 0 Å². The summed E-state index contributed by atoms with van der Waals surface area (Å²) >= 11 is 0. The quantitative estimate of drug-likeness (QED) is 0.742. The number of rotatable bonds is 2. The van der Waals surface area contributed by atoms with Crippen LogP contribution < -0.4 is 26.3 Å². The van der Waals surface area contributed by atoms with Crippen LogP contribution in [0.15, 0.2) is 41.5 Å². The first-order chi connectivity index (χ1) is 9.95. The molecule has 1 atom stereocenters. The minimum absolute atomic E-state index is 0.0308. The molecule has 0 saturated heterocycles. The largest absolute Gasteiger partial charge is 0.497 e. The molecule has 7 heteroatoms. The van der Waals surface area contributed by atoms with Gasteiger partial charge in [-0.2, -0.15) is 0 Å². The van der Waals surface area contributed by atoms with Gasteiger partial charge in [0.2, 0.25) is 11.6 Å². The van der Waals surface area contributed by atoms with E-state index in [9.17, 15) is 4.79 Å². The van der Waals surface area contributed by atoms with Crippen LogP contribution in [0.25, 0.3) is 0 Å². The monoisotopic (exact) mass is 289 g/mol. The van der Waals surface area contributed by atoms with Crippen LogP contribution in [0.4, 0.5) is 5.69 Å². The van der Waals surface area contributed by atoms with Crippen molar-refractivity contribution >= 4 is 11.6 Å². The van der Waals surface area contributed by atoms with Crippen LogP contribution >= 0.6 is 0 Å². The van der Waals surface area contributed by atoms with Gasteiger partial charge in [-0.3, -0.25) is 4.79 Å². The van der Waals surface area contributed by atoms with Gasteiger partial charge in [-0.15, -0.1) is 0 Å². The zero-order valence-electron chi connectivity index (χ0n) is 11.6. The summed E-state index contributed by atoms with van der Waals surface area (Å²) in [7, 11) is 1.57. The Bertz CT molecular complexity index is 695. The molecule has 110 valence electrons. The van der Waals surface area contributed by atoms with Crippen molar-refractivity contribution in [2.24, 2.45) is 11.5 Å². The molecule has 2 aliphatic heterocycles. The fourth-order valence-corrected chi connectivity index (χ4v) is 2.50. The third-order valence-corrected chi connectivity index (χ3v) is 3.32. The van der Waals surface area contributed by atoms with Crippen molar-refractivity contribution in [2.75, 3.05) is 12.4 Å². The summed E-state index contributed by atoms with van der Waals surface area (Å²) in [4.78, 5) is 11.7. The number of fused-ring (bicyclic) bond motifs is 1. The van der Waals surface area contributed by atoms with Crippen molar-refractivity contribution < 1.29 is 19.0 Å². The molecule has 0 bridgehead atoms. The molecular formula is C14H15N3O4. The summed E-state index contributed by atoms with van der Waals surface area (Å²) in [6.07, 6.45) is 1.62. The lowest BCUT2D eigenvalue weighted by molar-refractivity contribution is -0.116. The molecule has 0 radical (unpaired) electrons. The molecule has 0 unspecified atom stereocenters. The Balaban J connectivity index is 2.09. The first-order valence-electron chi connectivity index (χ1n) is 6.28. The Morgan fingerprint density at radius 3 is 2.86 bits per heavy atom. The number of allylic oxidation sites excluding steroid dienone is 1. The highest BCUT2D eigenvalue weighted by atomic mass is 16.5. The van der Waals surface area contributed by atoms with E-state index in [0.29, 0.717) is 22.9 Å². The second-order valence-corrected chi connectivity index (χ2v) is 4.79. The second-order valence-electron chi connectivity index (χ2n) is 4.79. The maximum Gasteiger partial charge on any atom is 0.256 e. The number of methoxy groups -OCH3 is 1. The second kappa shape index (κ2) is 4.34. The Morgan fingerprint density at radius 2 is 2.19 bits per heavy atom. The van der Waals surface area contributed by atoms with Gasteiger partial charge in [-0.25, -0.2) is 0 Å². The summed E-state index contributed by atoms with van der Waals surface area (Å²) in [5.74, 6) is 0.934. The van der Waals surface area contributed by atoms with Crippen LogP contribution in [-0.4, -0.2) is 18.7 Å². The van der Waals surface area contributed by atoms with Crippen LogP contribution in [0, 0.1) is 0 Å². The van der Waals surface area contributed by atoms with Crippen LogP contribution in [0.1, 0.15) is 6.92 Å². The van der Waals surface area contributed by atoms with Crippen LogP contribution in [0.2, 0.25) is 0 Å². The Morgan fingerprint density at radius 1 is 1.43 bits per heavy atom. The molecule has 7 nitrogen and oxygen atoms in total. The Hall–Kier alpha value is -2.83. The van der Waals surface area contributed by atoms with Crippen molar-refractivity contribution in [3.8, 4) is 11.5 Å². The summed E-state index contributed by atoms with van der Waals surface area (Å²) in [6, 6.07) is 5.26. The molecule has 1 spiro atoms. The number of nitrogens with one attached hydrogen (secondary N) is 1. The lowest BCUT2D eigenvalue weighted by atomic mass is 9.99. The van der Waals surface area contributed by atoms with E-state index in [1.165, 1.54) is 0 Å². The van der Waals surface area contributed by atoms with Crippen molar-refractivity contribution in [3.05, 3.63) is 41.5 Å². The standard InChI is InChI=1S/C14H15N3O4/c1-7-6-14(11(12(15)18)13(16)20-7)17-9-5-8(19-2)3-4-10(9)21-14/h3-6,17H,16H2,1-2H3,(H2,15,18)/t14-/m1/s1. The van der Waals surface area contributed by atoms with E-state index >= 15 is 0 Å². The highest BCUT2D eigenvalue weighted by molar-refractivity contribution is 5.97. The molecule has 1 aromatic carbocycles. The van der Waals surface area contributed by atoms with E-state index in [4.69, 9.17) is 25.7 Å². The third-order valence-electron chi connectivity index (χ3n) is 3.32. The Kier molecular flexibility index (Phi) is 2.72. The van der Waals surface area contributed by atoms with Crippen molar-refractivity contribution in [1.29, 1.82) is 0 Å². The zero-order valence-corrected chi connectivity index (χ0v) is 11.6. The van der Waals surface area contributed by atoms with Gasteiger partial charge >= 0.3 is 0 Å². The van der Waals surface area contributed by atoms with E-state index in [2.05, 4.69) is 5.32 Å². The molecule has 1 amide bonds. The molecule has 1 aromatic rings. The van der Waals surface area contributed by atoms with Gasteiger partial charge in [0, 0.05) is 12.1 Å². The van der Waals surface area contributed by atoms with Gasteiger partial charge in [0.15, 0.2) is 0 Å². The van der Waals surface area contributed by atoms with Crippen molar-refractivity contribution in [2.45, 2.75) is 12.6 Å². The number of nitrogens with two attached hydrogens (primary N) is 2. The highest BCUT2D eigenvalue weighted by Crippen LogP contribution is 2.44. The summed E-state index contributed by atoms with van der Waals surface area (Å²) in [6.45, 7) is 1.71. The first-order valence-corrected chi connectivity index (χ1v) is 6.28. The average molecular weight is 289 g/mol. The van der Waals surface area contributed by atoms with E-state index < -0.39 is 11.6 Å². The molecule has 2 aliphatic rings. The Labute approximate surface area is 121 Å². The summed E-state index contributed by atoms with van der Waals surface area (Å²) < 4.78 is 16.3. The molecule has 0 fully saturated rings. The topological polar surface area (TPSA) is 109 Å². The van der Waals surface area contributed by atoms with Crippen molar-refractivity contribution in [1.82, 2.24) is 0 Å². The number of amides is 1. The maximum absolute atomic E-state index is 11.7. The van der Waals surface area contributed by atoms with Crippen LogP contribution in [-0.2, 0) is 9.53 Å². The van der Waals surface area contributed by atoms with E-state index in [0.717, 1.165) is 0 Å². The number of hydrogen-bond donors (Lipinski definition) is 3. The lowest BCUT2D eigenvalue weighted by Crippen LogP contribution is -2.48. The smallest absolute Gasteiger partial charge is 0.256 e. The fraction of sp³-hybridized carbons (Fsp3) is 0.214. The number of primary amides is 1. The van der Waals surface area contributed by atoms with Gasteiger partial charge in [-0.05, 0) is 19.1 Å². The van der Waals surface area contributed by atoms with Gasteiger partial charge in [0.25, 0.3) is 5.91 Å². The van der Waals surface area contributed by atoms with E-state index in [-0.39, 0.29) is 11.5 Å². The highest BCUT2D eigenvalue weighted by Gasteiger charge is 2.48. The molecule has 0 aliphatic carbocycles. The van der Waals surface area contributed by atoms with Crippen LogP contribution in [0.3, 0.4) is 0 Å². The zero-order chi connectivity index (χ0) is 15.2. The minimum atomic E-state index is -1.26. The normalized spacial score (nSPS) is 22.9. The van der Waals surface area contributed by atoms with E-state index in [1.807, 2.05) is 0 Å². The molecule has 0 saturated carbocycles. The predicted octanol–water partition coefficient (Wildman–Crippen LogP) is 0.785. The number of anilines is 1. The lowest BCUT2D eigenvalue weighted by Gasteiger charge is -2.31. The number of carbonyl (C=O) groups excluding carboxylic acids is 1. The number of ether oxygens (including phenoxy) is 3. The van der Waals surface area contributed by atoms with Gasteiger partial charge in [0.1, 0.15) is 22.8 Å². The van der Waals surface area contributed by atoms with Gasteiger partial charge < -0.3 is 31.0 Å².